The van der Waals surface area contributed by atoms with Gasteiger partial charge in [0.25, 0.3) is 0 Å². The van der Waals surface area contributed by atoms with Gasteiger partial charge in [0.05, 0.1) is 13.7 Å². The molecule has 0 fully saturated rings. The molecular formula is C13H21NO3. The van der Waals surface area contributed by atoms with Gasteiger partial charge in [0.15, 0.2) is 11.5 Å². The van der Waals surface area contributed by atoms with Crippen LogP contribution in [0.5, 0.6) is 11.5 Å². The van der Waals surface area contributed by atoms with E-state index in [0.717, 1.165) is 5.56 Å². The van der Waals surface area contributed by atoms with E-state index in [4.69, 9.17) is 19.9 Å². The first-order valence-corrected chi connectivity index (χ1v) is 5.68. The monoisotopic (exact) mass is 239 g/mol. The molecule has 96 valence electrons. The van der Waals surface area contributed by atoms with E-state index in [0.29, 0.717) is 24.7 Å². The third kappa shape index (κ3) is 2.70. The van der Waals surface area contributed by atoms with Crippen LogP contribution in [-0.4, -0.2) is 27.4 Å². The number of hydrogen-bond donors (Lipinski definition) is 1. The smallest absolute Gasteiger partial charge is 0.166 e. The molecule has 0 bridgehead atoms. The second-order valence-electron chi connectivity index (χ2n) is 3.91. The Morgan fingerprint density at radius 1 is 1.29 bits per heavy atom. The summed E-state index contributed by atoms with van der Waals surface area (Å²) in [5.41, 5.74) is 6.10. The van der Waals surface area contributed by atoms with E-state index in [1.807, 2.05) is 32.0 Å². The van der Waals surface area contributed by atoms with Gasteiger partial charge in [-0.1, -0.05) is 12.1 Å². The molecule has 17 heavy (non-hydrogen) atoms. The molecule has 0 aliphatic carbocycles. The number of para-hydroxylation sites is 1. The van der Waals surface area contributed by atoms with Gasteiger partial charge in [0.2, 0.25) is 0 Å². The van der Waals surface area contributed by atoms with E-state index >= 15 is 0 Å². The quantitative estimate of drug-likeness (QED) is 0.824. The van der Waals surface area contributed by atoms with E-state index in [9.17, 15) is 0 Å². The Balaban J connectivity index is 3.27. The maximum atomic E-state index is 5.78. The summed E-state index contributed by atoms with van der Waals surface area (Å²) in [6, 6.07) is 5.73. The molecule has 1 aromatic rings. The number of methoxy groups -OCH3 is 2. The molecule has 0 spiro atoms. The maximum absolute atomic E-state index is 5.78. The summed E-state index contributed by atoms with van der Waals surface area (Å²) in [7, 11) is 3.26. The van der Waals surface area contributed by atoms with Crippen LogP contribution in [0.15, 0.2) is 18.2 Å². The van der Waals surface area contributed by atoms with Crippen molar-refractivity contribution in [2.75, 3.05) is 27.4 Å². The Labute approximate surface area is 103 Å². The average Bonchev–Trinajstić information content (AvgIpc) is 2.38. The van der Waals surface area contributed by atoms with Gasteiger partial charge in [-0.05, 0) is 19.9 Å². The molecule has 1 aromatic carbocycles. The lowest BCUT2D eigenvalue weighted by Gasteiger charge is -2.29. The summed E-state index contributed by atoms with van der Waals surface area (Å²) in [5, 5.41) is 0. The highest BCUT2D eigenvalue weighted by atomic mass is 16.5. The minimum atomic E-state index is -0.571. The predicted octanol–water partition coefficient (Wildman–Crippen LogP) is 1.91. The maximum Gasteiger partial charge on any atom is 0.166 e. The van der Waals surface area contributed by atoms with Crippen molar-refractivity contribution in [3.05, 3.63) is 23.8 Å². The largest absolute Gasteiger partial charge is 0.492 e. The molecule has 0 radical (unpaired) electrons. The van der Waals surface area contributed by atoms with Crippen LogP contribution in [0.3, 0.4) is 0 Å². The van der Waals surface area contributed by atoms with Crippen molar-refractivity contribution in [1.82, 2.24) is 0 Å². The molecular weight excluding hydrogens is 218 g/mol. The van der Waals surface area contributed by atoms with E-state index in [1.54, 1.807) is 14.2 Å². The van der Waals surface area contributed by atoms with Crippen LogP contribution in [0.2, 0.25) is 0 Å². The Morgan fingerprint density at radius 2 is 2.00 bits per heavy atom. The van der Waals surface area contributed by atoms with Gasteiger partial charge in [0.1, 0.15) is 5.60 Å². The van der Waals surface area contributed by atoms with Crippen LogP contribution in [-0.2, 0) is 10.3 Å². The molecule has 2 N–H and O–H groups in total. The second kappa shape index (κ2) is 5.89. The van der Waals surface area contributed by atoms with Crippen molar-refractivity contribution in [2.45, 2.75) is 19.4 Å². The van der Waals surface area contributed by atoms with Gasteiger partial charge in [-0.2, -0.15) is 0 Å². The molecule has 0 saturated heterocycles. The highest BCUT2D eigenvalue weighted by Gasteiger charge is 2.29. The van der Waals surface area contributed by atoms with Crippen LogP contribution >= 0.6 is 0 Å². The van der Waals surface area contributed by atoms with Crippen LogP contribution in [0.25, 0.3) is 0 Å². The first-order chi connectivity index (χ1) is 8.12. The van der Waals surface area contributed by atoms with Crippen LogP contribution < -0.4 is 15.2 Å². The van der Waals surface area contributed by atoms with Crippen molar-refractivity contribution < 1.29 is 14.2 Å². The number of ether oxygens (including phenoxy) is 3. The fraction of sp³-hybridized carbons (Fsp3) is 0.538. The minimum absolute atomic E-state index is 0.370. The van der Waals surface area contributed by atoms with Crippen LogP contribution in [0.4, 0.5) is 0 Å². The SMILES string of the molecule is CCOc1cccc(C(C)(CN)OC)c1OC. The molecule has 1 unspecified atom stereocenters. The summed E-state index contributed by atoms with van der Waals surface area (Å²) in [6.07, 6.45) is 0. The fourth-order valence-electron chi connectivity index (χ4n) is 1.72. The summed E-state index contributed by atoms with van der Waals surface area (Å²) in [4.78, 5) is 0. The van der Waals surface area contributed by atoms with E-state index in [2.05, 4.69) is 0 Å². The predicted molar refractivity (Wildman–Crippen MR) is 67.6 cm³/mol. The van der Waals surface area contributed by atoms with Gasteiger partial charge in [-0.3, -0.25) is 0 Å². The molecule has 0 aliphatic rings. The highest BCUT2D eigenvalue weighted by molar-refractivity contribution is 5.49. The number of hydrogen-bond acceptors (Lipinski definition) is 4. The fourth-order valence-corrected chi connectivity index (χ4v) is 1.72. The number of rotatable bonds is 6. The summed E-state index contributed by atoms with van der Waals surface area (Å²) >= 11 is 0. The van der Waals surface area contributed by atoms with Gasteiger partial charge in [0, 0.05) is 19.2 Å². The first kappa shape index (κ1) is 13.8. The standard InChI is InChI=1S/C13H21NO3/c1-5-17-11-8-6-7-10(12(11)15-3)13(2,9-14)16-4/h6-8H,5,9,14H2,1-4H3. The zero-order valence-corrected chi connectivity index (χ0v) is 10.9. The van der Waals surface area contributed by atoms with Crippen molar-refractivity contribution in [2.24, 2.45) is 5.73 Å². The zero-order valence-electron chi connectivity index (χ0n) is 10.9. The Bertz CT molecular complexity index is 362. The van der Waals surface area contributed by atoms with Gasteiger partial charge in [-0.15, -0.1) is 0 Å². The summed E-state index contributed by atoms with van der Waals surface area (Å²) in [6.45, 7) is 4.83. The third-order valence-corrected chi connectivity index (χ3v) is 2.89. The molecule has 0 heterocycles. The highest BCUT2D eigenvalue weighted by Crippen LogP contribution is 2.38. The van der Waals surface area contributed by atoms with E-state index < -0.39 is 5.60 Å². The molecule has 0 amide bonds. The Kier molecular flexibility index (Phi) is 4.78. The first-order valence-electron chi connectivity index (χ1n) is 5.68. The lowest BCUT2D eigenvalue weighted by Crippen LogP contribution is -2.34. The molecule has 0 aromatic heterocycles. The second-order valence-corrected chi connectivity index (χ2v) is 3.91. The van der Waals surface area contributed by atoms with Crippen molar-refractivity contribution >= 4 is 0 Å². The third-order valence-electron chi connectivity index (χ3n) is 2.89. The molecule has 4 heteroatoms. The van der Waals surface area contributed by atoms with Crippen molar-refractivity contribution in [3.8, 4) is 11.5 Å². The molecule has 1 rings (SSSR count). The Morgan fingerprint density at radius 3 is 2.47 bits per heavy atom. The zero-order chi connectivity index (χ0) is 12.9. The van der Waals surface area contributed by atoms with Crippen LogP contribution in [0.1, 0.15) is 19.4 Å². The van der Waals surface area contributed by atoms with Gasteiger partial charge >= 0.3 is 0 Å². The Hall–Kier alpha value is -1.26. The molecule has 1 atom stereocenters. The van der Waals surface area contributed by atoms with Crippen LogP contribution in [0, 0.1) is 0 Å². The topological polar surface area (TPSA) is 53.7 Å². The average molecular weight is 239 g/mol. The molecule has 0 aliphatic heterocycles. The van der Waals surface area contributed by atoms with E-state index in [-0.39, 0.29) is 0 Å². The lowest BCUT2D eigenvalue weighted by atomic mass is 9.94. The lowest BCUT2D eigenvalue weighted by molar-refractivity contribution is 0.00791. The molecule has 4 nitrogen and oxygen atoms in total. The van der Waals surface area contributed by atoms with Crippen molar-refractivity contribution in [3.63, 3.8) is 0 Å². The summed E-state index contributed by atoms with van der Waals surface area (Å²) in [5.74, 6) is 1.40. The van der Waals surface area contributed by atoms with Gasteiger partial charge in [-0.25, -0.2) is 0 Å². The number of benzene rings is 1. The van der Waals surface area contributed by atoms with Gasteiger partial charge < -0.3 is 19.9 Å². The normalized spacial score (nSPS) is 14.2. The van der Waals surface area contributed by atoms with E-state index in [1.165, 1.54) is 0 Å². The van der Waals surface area contributed by atoms with Crippen molar-refractivity contribution in [1.29, 1.82) is 0 Å². The summed E-state index contributed by atoms with van der Waals surface area (Å²) < 4.78 is 16.4. The minimum Gasteiger partial charge on any atom is -0.492 e. The molecule has 0 saturated carbocycles. The number of nitrogens with two attached hydrogens (primary N) is 1.